The zero-order valence-electron chi connectivity index (χ0n) is 17.6. The maximum Gasteiger partial charge on any atom is 0.171 e. The number of amidine groups is 1. The Morgan fingerprint density at radius 3 is 2.90 bits per heavy atom. The molecule has 1 aliphatic heterocycles. The number of anilines is 1. The number of nitrogens with one attached hydrogen (secondary N) is 1. The molecule has 0 bridgehead atoms. The fourth-order valence-corrected chi connectivity index (χ4v) is 4.76. The van der Waals surface area contributed by atoms with Crippen LogP contribution in [0.1, 0.15) is 62.5 Å². The summed E-state index contributed by atoms with van der Waals surface area (Å²) in [6.45, 7) is 5.15. The van der Waals surface area contributed by atoms with Gasteiger partial charge in [0.2, 0.25) is 0 Å². The Labute approximate surface area is 182 Å². The Kier molecular flexibility index (Phi) is 6.31. The Morgan fingerprint density at radius 2 is 2.17 bits per heavy atom. The highest BCUT2D eigenvalue weighted by molar-refractivity contribution is 7.15. The van der Waals surface area contributed by atoms with E-state index in [-0.39, 0.29) is 0 Å². The molecule has 1 aliphatic carbocycles. The van der Waals surface area contributed by atoms with Crippen LogP contribution in [0.3, 0.4) is 0 Å². The summed E-state index contributed by atoms with van der Waals surface area (Å²) in [5, 5.41) is 13.6. The summed E-state index contributed by atoms with van der Waals surface area (Å²) in [5.74, 6) is 5.98. The van der Waals surface area contributed by atoms with Crippen molar-refractivity contribution < 1.29 is 5.11 Å². The molecule has 156 valence electrons. The third-order valence-electron chi connectivity index (χ3n) is 5.69. The quantitative estimate of drug-likeness (QED) is 0.630. The lowest BCUT2D eigenvalue weighted by molar-refractivity contribution is 0.170. The Morgan fingerprint density at radius 1 is 1.33 bits per heavy atom. The van der Waals surface area contributed by atoms with Crippen LogP contribution >= 0.6 is 11.3 Å². The maximum atomic E-state index is 10.3. The van der Waals surface area contributed by atoms with E-state index in [0.29, 0.717) is 29.0 Å². The van der Waals surface area contributed by atoms with E-state index in [1.165, 1.54) is 29.8 Å². The van der Waals surface area contributed by atoms with E-state index in [0.717, 1.165) is 41.4 Å². The fraction of sp³-hybridized carbons (Fsp3) is 0.458. The summed E-state index contributed by atoms with van der Waals surface area (Å²) >= 11 is 1.52. The second-order valence-electron chi connectivity index (χ2n) is 8.11. The van der Waals surface area contributed by atoms with E-state index in [1.807, 2.05) is 12.1 Å². The van der Waals surface area contributed by atoms with Crippen molar-refractivity contribution in [2.45, 2.75) is 52.1 Å². The average Bonchev–Trinajstić information content (AvgIpc) is 3.49. The molecule has 1 saturated carbocycles. The minimum atomic E-state index is -0.440. The molecule has 2 atom stereocenters. The van der Waals surface area contributed by atoms with Crippen molar-refractivity contribution in [3.63, 3.8) is 0 Å². The van der Waals surface area contributed by atoms with Gasteiger partial charge in [-0.2, -0.15) is 0 Å². The van der Waals surface area contributed by atoms with Crippen molar-refractivity contribution in [2.75, 3.05) is 11.9 Å². The van der Waals surface area contributed by atoms with Gasteiger partial charge in [0.05, 0.1) is 16.5 Å². The van der Waals surface area contributed by atoms with Crippen LogP contribution < -0.4 is 5.32 Å². The number of hydrogen-bond acceptors (Lipinski definition) is 6. The molecule has 2 aliphatic rings. The zero-order chi connectivity index (χ0) is 21.1. The first-order chi connectivity index (χ1) is 14.6. The number of terminal acetylenes is 1. The van der Waals surface area contributed by atoms with Crippen molar-refractivity contribution in [2.24, 2.45) is 16.8 Å². The Hall–Kier alpha value is -2.49. The van der Waals surface area contributed by atoms with Crippen LogP contribution in [-0.2, 0) is 0 Å². The molecule has 0 radical (unpaired) electrons. The van der Waals surface area contributed by atoms with Crippen molar-refractivity contribution in [1.82, 2.24) is 9.97 Å². The Bertz CT molecular complexity index is 1010. The molecule has 0 amide bonds. The minimum Gasteiger partial charge on any atom is -0.388 e. The van der Waals surface area contributed by atoms with Gasteiger partial charge in [0.15, 0.2) is 11.6 Å². The second-order valence-corrected chi connectivity index (χ2v) is 9.22. The van der Waals surface area contributed by atoms with Crippen molar-refractivity contribution in [3.8, 4) is 23.0 Å². The molecule has 3 heterocycles. The maximum absolute atomic E-state index is 10.3. The molecule has 5 nitrogen and oxygen atoms in total. The first-order valence-corrected chi connectivity index (χ1v) is 11.6. The molecule has 6 heteroatoms. The summed E-state index contributed by atoms with van der Waals surface area (Å²) in [6.07, 6.45) is 14.5. The number of aliphatic imine (C=N–C) groups is 1. The lowest BCUT2D eigenvalue weighted by atomic mass is 9.94. The second kappa shape index (κ2) is 9.11. The number of allylic oxidation sites excluding steroid dienone is 1. The average molecular weight is 421 g/mol. The van der Waals surface area contributed by atoms with Gasteiger partial charge in [-0.15, -0.1) is 17.8 Å². The smallest absolute Gasteiger partial charge is 0.171 e. The number of aliphatic hydroxyl groups excluding tert-OH is 1. The molecule has 30 heavy (non-hydrogen) atoms. The SMILES string of the molecule is C#Cc1cnc(-c2ccc(C(O)CCC)s2)nc1NC1=NCCC(C)C(C2CC2)=C1. The number of thiophene rings is 1. The van der Waals surface area contributed by atoms with Gasteiger partial charge in [0.25, 0.3) is 0 Å². The number of aliphatic hydroxyl groups is 1. The summed E-state index contributed by atoms with van der Waals surface area (Å²) in [7, 11) is 0. The van der Waals surface area contributed by atoms with Gasteiger partial charge in [-0.25, -0.2) is 9.97 Å². The third-order valence-corrected chi connectivity index (χ3v) is 6.88. The molecule has 0 aromatic carbocycles. The van der Waals surface area contributed by atoms with Gasteiger partial charge < -0.3 is 10.4 Å². The lowest BCUT2D eigenvalue weighted by Gasteiger charge is -2.13. The van der Waals surface area contributed by atoms with Crippen molar-refractivity contribution >= 4 is 23.0 Å². The first-order valence-electron chi connectivity index (χ1n) is 10.7. The van der Waals surface area contributed by atoms with Crippen LogP contribution in [0.4, 0.5) is 5.82 Å². The molecule has 2 unspecified atom stereocenters. The van der Waals surface area contributed by atoms with Gasteiger partial charge in [0.1, 0.15) is 5.84 Å². The first kappa shape index (κ1) is 20.8. The predicted octanol–water partition coefficient (Wildman–Crippen LogP) is 5.21. The molecule has 2 N–H and O–H groups in total. The lowest BCUT2D eigenvalue weighted by Crippen LogP contribution is -2.13. The van der Waals surface area contributed by atoms with E-state index >= 15 is 0 Å². The van der Waals surface area contributed by atoms with Crippen LogP contribution in [0, 0.1) is 24.2 Å². The summed E-state index contributed by atoms with van der Waals surface area (Å²) in [5.41, 5.74) is 2.10. The standard InChI is InChI=1S/C24H28N4OS/c1-4-6-19(29)20-9-10-21(30-20)24-26-14-16(5-2)23(28-24)27-22-13-18(17-7-8-17)15(3)11-12-25-22/h2,9-10,13-15,17,19,29H,4,6-8,11-12H2,1,3H3,(H,25,26,27,28). The van der Waals surface area contributed by atoms with E-state index in [1.54, 1.807) is 6.20 Å². The minimum absolute atomic E-state index is 0.440. The summed E-state index contributed by atoms with van der Waals surface area (Å²) < 4.78 is 0. The van der Waals surface area contributed by atoms with Crippen LogP contribution in [0.25, 0.3) is 10.7 Å². The number of hydrogen-bond donors (Lipinski definition) is 2. The Balaban J connectivity index is 1.61. The predicted molar refractivity (Wildman–Crippen MR) is 124 cm³/mol. The summed E-state index contributed by atoms with van der Waals surface area (Å²) in [4.78, 5) is 15.7. The topological polar surface area (TPSA) is 70.4 Å². The molecule has 2 aromatic heterocycles. The molecule has 2 aromatic rings. The highest BCUT2D eigenvalue weighted by atomic mass is 32.1. The van der Waals surface area contributed by atoms with Gasteiger partial charge in [-0.3, -0.25) is 4.99 Å². The zero-order valence-corrected chi connectivity index (χ0v) is 18.4. The molecule has 1 fully saturated rings. The fourth-order valence-electron chi connectivity index (χ4n) is 3.79. The van der Waals surface area contributed by atoms with E-state index < -0.39 is 6.10 Å². The number of rotatable bonds is 6. The van der Waals surface area contributed by atoms with E-state index in [9.17, 15) is 5.11 Å². The molecular formula is C24H28N4OS. The highest BCUT2D eigenvalue weighted by Crippen LogP contribution is 2.41. The molecule has 0 spiro atoms. The van der Waals surface area contributed by atoms with Gasteiger partial charge in [-0.05, 0) is 55.7 Å². The van der Waals surface area contributed by atoms with Crippen molar-refractivity contribution in [3.05, 3.63) is 40.4 Å². The van der Waals surface area contributed by atoms with E-state index in [2.05, 4.69) is 36.1 Å². The normalized spacial score (nSPS) is 20.0. The summed E-state index contributed by atoms with van der Waals surface area (Å²) in [6, 6.07) is 3.91. The molecular weight excluding hydrogens is 392 g/mol. The number of nitrogens with zero attached hydrogens (tertiary/aromatic N) is 3. The largest absolute Gasteiger partial charge is 0.388 e. The van der Waals surface area contributed by atoms with Crippen LogP contribution in [-0.4, -0.2) is 27.5 Å². The number of aromatic nitrogens is 2. The third kappa shape index (κ3) is 4.63. The van der Waals surface area contributed by atoms with Gasteiger partial charge >= 0.3 is 0 Å². The monoisotopic (exact) mass is 420 g/mol. The molecule has 0 saturated heterocycles. The van der Waals surface area contributed by atoms with Crippen molar-refractivity contribution in [1.29, 1.82) is 0 Å². The van der Waals surface area contributed by atoms with Gasteiger partial charge in [-0.1, -0.05) is 31.8 Å². The van der Waals surface area contributed by atoms with Crippen LogP contribution in [0.2, 0.25) is 0 Å². The van der Waals surface area contributed by atoms with Crippen LogP contribution in [0.5, 0.6) is 0 Å². The highest BCUT2D eigenvalue weighted by Gasteiger charge is 2.30. The molecule has 4 rings (SSSR count). The van der Waals surface area contributed by atoms with Crippen LogP contribution in [0.15, 0.2) is 35.0 Å². The van der Waals surface area contributed by atoms with E-state index in [4.69, 9.17) is 16.4 Å². The van der Waals surface area contributed by atoms with Gasteiger partial charge in [0, 0.05) is 17.6 Å².